The molecule has 110 valence electrons. The zero-order chi connectivity index (χ0) is 15.0. The Morgan fingerprint density at radius 1 is 1.35 bits per heavy atom. The minimum Gasteiger partial charge on any atom is -0.411 e. The SMILES string of the molecule is CC(C)(C)[Si](C)(C)OC1CCc2cc(C=NO)ccc21. The van der Waals surface area contributed by atoms with Crippen LogP contribution in [0.3, 0.4) is 0 Å². The van der Waals surface area contributed by atoms with E-state index in [1.165, 1.54) is 17.3 Å². The third kappa shape index (κ3) is 2.96. The van der Waals surface area contributed by atoms with Crippen molar-refractivity contribution in [1.29, 1.82) is 0 Å². The van der Waals surface area contributed by atoms with E-state index < -0.39 is 8.32 Å². The summed E-state index contributed by atoms with van der Waals surface area (Å²) in [5.41, 5.74) is 3.58. The minimum atomic E-state index is -1.73. The molecule has 1 atom stereocenters. The molecular weight excluding hydrogens is 266 g/mol. The van der Waals surface area contributed by atoms with Crippen LogP contribution in [0, 0.1) is 0 Å². The van der Waals surface area contributed by atoms with Crippen LogP contribution in [0.4, 0.5) is 0 Å². The highest BCUT2D eigenvalue weighted by Crippen LogP contribution is 2.43. The Morgan fingerprint density at radius 3 is 2.65 bits per heavy atom. The molecule has 0 amide bonds. The summed E-state index contributed by atoms with van der Waals surface area (Å²) >= 11 is 0. The lowest BCUT2D eigenvalue weighted by molar-refractivity contribution is 0.185. The van der Waals surface area contributed by atoms with E-state index in [-0.39, 0.29) is 11.1 Å². The molecule has 0 heterocycles. The molecule has 4 heteroatoms. The van der Waals surface area contributed by atoms with Crippen molar-refractivity contribution in [2.45, 2.75) is 57.8 Å². The highest BCUT2D eigenvalue weighted by Gasteiger charge is 2.40. The van der Waals surface area contributed by atoms with Crippen LogP contribution in [0.1, 0.15) is 50.0 Å². The molecule has 0 saturated carbocycles. The summed E-state index contributed by atoms with van der Waals surface area (Å²) in [6.45, 7) is 11.4. The molecule has 0 saturated heterocycles. The van der Waals surface area contributed by atoms with Crippen molar-refractivity contribution in [3.05, 3.63) is 34.9 Å². The number of nitrogens with zero attached hydrogens (tertiary/aromatic N) is 1. The summed E-state index contributed by atoms with van der Waals surface area (Å²) in [5.74, 6) is 0. The Balaban J connectivity index is 2.21. The van der Waals surface area contributed by atoms with Gasteiger partial charge < -0.3 is 9.63 Å². The summed E-state index contributed by atoms with van der Waals surface area (Å²) in [4.78, 5) is 0. The van der Waals surface area contributed by atoms with Gasteiger partial charge in [0, 0.05) is 0 Å². The average molecular weight is 291 g/mol. The van der Waals surface area contributed by atoms with Gasteiger partial charge in [0.1, 0.15) is 0 Å². The van der Waals surface area contributed by atoms with E-state index in [9.17, 15) is 0 Å². The number of oxime groups is 1. The smallest absolute Gasteiger partial charge is 0.192 e. The maximum absolute atomic E-state index is 8.61. The van der Waals surface area contributed by atoms with Crippen molar-refractivity contribution in [2.24, 2.45) is 5.16 Å². The molecule has 2 rings (SSSR count). The van der Waals surface area contributed by atoms with Crippen LogP contribution in [0.15, 0.2) is 23.4 Å². The maximum atomic E-state index is 8.61. The quantitative estimate of drug-likeness (QED) is 0.385. The number of aryl methyl sites for hydroxylation is 1. The summed E-state index contributed by atoms with van der Waals surface area (Å²) in [7, 11) is -1.73. The first-order valence-electron chi connectivity index (χ1n) is 7.23. The lowest BCUT2D eigenvalue weighted by Gasteiger charge is -2.38. The van der Waals surface area contributed by atoms with Crippen molar-refractivity contribution < 1.29 is 9.63 Å². The molecule has 1 aromatic rings. The van der Waals surface area contributed by atoms with E-state index in [0.29, 0.717) is 0 Å². The second-order valence-corrected chi connectivity index (χ2v) is 11.9. The van der Waals surface area contributed by atoms with Crippen LogP contribution in [0.2, 0.25) is 18.1 Å². The highest BCUT2D eigenvalue weighted by molar-refractivity contribution is 6.74. The first-order chi connectivity index (χ1) is 9.24. The molecule has 0 bridgehead atoms. The fraction of sp³-hybridized carbons (Fsp3) is 0.562. The molecule has 0 aromatic heterocycles. The number of hydrogen-bond acceptors (Lipinski definition) is 3. The zero-order valence-corrected chi connectivity index (χ0v) is 14.1. The molecule has 1 aliphatic rings. The van der Waals surface area contributed by atoms with Crippen molar-refractivity contribution in [1.82, 2.24) is 0 Å². The van der Waals surface area contributed by atoms with Gasteiger partial charge in [0.25, 0.3) is 0 Å². The van der Waals surface area contributed by atoms with Gasteiger partial charge in [0.2, 0.25) is 0 Å². The molecule has 0 radical (unpaired) electrons. The first-order valence-corrected chi connectivity index (χ1v) is 10.1. The lowest BCUT2D eigenvalue weighted by Crippen LogP contribution is -2.41. The van der Waals surface area contributed by atoms with Gasteiger partial charge >= 0.3 is 0 Å². The predicted molar refractivity (Wildman–Crippen MR) is 85.2 cm³/mol. The molecule has 20 heavy (non-hydrogen) atoms. The van der Waals surface area contributed by atoms with E-state index in [4.69, 9.17) is 9.63 Å². The van der Waals surface area contributed by atoms with Gasteiger partial charge in [-0.1, -0.05) is 38.1 Å². The lowest BCUT2D eigenvalue weighted by atomic mass is 10.1. The molecule has 1 unspecified atom stereocenters. The first kappa shape index (κ1) is 15.3. The largest absolute Gasteiger partial charge is 0.411 e. The monoisotopic (exact) mass is 291 g/mol. The van der Waals surface area contributed by atoms with Crippen molar-refractivity contribution >= 4 is 14.5 Å². The van der Waals surface area contributed by atoms with Crippen molar-refractivity contribution in [3.63, 3.8) is 0 Å². The summed E-state index contributed by atoms with van der Waals surface area (Å²) in [6.07, 6.45) is 3.80. The van der Waals surface area contributed by atoms with Gasteiger partial charge in [-0.3, -0.25) is 0 Å². The molecule has 1 aromatic carbocycles. The summed E-state index contributed by atoms with van der Waals surface area (Å²) < 4.78 is 6.55. The Labute approximate surface area is 122 Å². The van der Waals surface area contributed by atoms with Gasteiger partial charge in [0.15, 0.2) is 8.32 Å². The zero-order valence-electron chi connectivity index (χ0n) is 13.1. The van der Waals surface area contributed by atoms with Crippen LogP contribution in [0.25, 0.3) is 0 Å². The standard InChI is InChI=1S/C16H25NO2Si/c1-16(2,3)20(4,5)19-15-9-7-13-10-12(11-17-18)6-8-14(13)15/h6,8,10-11,15,18H,7,9H2,1-5H3. The number of fused-ring (bicyclic) bond motifs is 1. The second-order valence-electron chi connectivity index (χ2n) is 7.11. The Bertz CT molecular complexity index is 518. The van der Waals surface area contributed by atoms with Crippen LogP contribution in [-0.2, 0) is 10.8 Å². The van der Waals surface area contributed by atoms with Gasteiger partial charge in [0.05, 0.1) is 12.3 Å². The van der Waals surface area contributed by atoms with Crippen LogP contribution >= 0.6 is 0 Å². The maximum Gasteiger partial charge on any atom is 0.192 e. The van der Waals surface area contributed by atoms with Crippen molar-refractivity contribution in [2.75, 3.05) is 0 Å². The summed E-state index contributed by atoms with van der Waals surface area (Å²) in [6, 6.07) is 6.22. The Kier molecular flexibility index (Phi) is 4.07. The van der Waals surface area contributed by atoms with Gasteiger partial charge in [-0.15, -0.1) is 0 Å². The van der Waals surface area contributed by atoms with Gasteiger partial charge in [-0.05, 0) is 53.7 Å². The van der Waals surface area contributed by atoms with E-state index in [1.807, 2.05) is 6.07 Å². The van der Waals surface area contributed by atoms with E-state index in [1.54, 1.807) is 0 Å². The fourth-order valence-electron chi connectivity index (χ4n) is 2.40. The van der Waals surface area contributed by atoms with Crippen LogP contribution in [-0.4, -0.2) is 19.7 Å². The Morgan fingerprint density at radius 2 is 2.05 bits per heavy atom. The topological polar surface area (TPSA) is 41.8 Å². The molecule has 1 N–H and O–H groups in total. The van der Waals surface area contributed by atoms with Crippen molar-refractivity contribution in [3.8, 4) is 0 Å². The third-order valence-corrected chi connectivity index (χ3v) is 9.13. The molecule has 0 spiro atoms. The Hall–Kier alpha value is -1.13. The number of hydrogen-bond donors (Lipinski definition) is 1. The van der Waals surface area contributed by atoms with E-state index in [0.717, 1.165) is 18.4 Å². The highest BCUT2D eigenvalue weighted by atomic mass is 28.4. The molecule has 0 aliphatic heterocycles. The molecular formula is C16H25NO2Si. The normalized spacial score (nSPS) is 19.6. The summed E-state index contributed by atoms with van der Waals surface area (Å²) in [5, 5.41) is 11.9. The van der Waals surface area contributed by atoms with Gasteiger partial charge in [-0.2, -0.15) is 0 Å². The number of rotatable bonds is 3. The number of benzene rings is 1. The van der Waals surface area contributed by atoms with E-state index >= 15 is 0 Å². The van der Waals surface area contributed by atoms with Crippen LogP contribution < -0.4 is 0 Å². The van der Waals surface area contributed by atoms with Crippen LogP contribution in [0.5, 0.6) is 0 Å². The fourth-order valence-corrected chi connectivity index (χ4v) is 3.71. The molecule has 3 nitrogen and oxygen atoms in total. The predicted octanol–water partition coefficient (Wildman–Crippen LogP) is 4.50. The molecule has 1 aliphatic carbocycles. The van der Waals surface area contributed by atoms with E-state index in [2.05, 4.69) is 51.2 Å². The minimum absolute atomic E-state index is 0.228. The molecule has 0 fully saturated rings. The van der Waals surface area contributed by atoms with Gasteiger partial charge in [-0.25, -0.2) is 0 Å². The average Bonchev–Trinajstić information content (AvgIpc) is 2.70. The third-order valence-electron chi connectivity index (χ3n) is 4.64. The second kappa shape index (κ2) is 5.33.